The van der Waals surface area contributed by atoms with Crippen molar-refractivity contribution >= 4 is 5.78 Å². The van der Waals surface area contributed by atoms with Gasteiger partial charge >= 0.3 is 0 Å². The van der Waals surface area contributed by atoms with E-state index >= 15 is 0 Å². The molecule has 4 rings (SSSR count). The molecule has 1 aromatic carbocycles. The van der Waals surface area contributed by atoms with Gasteiger partial charge in [-0.15, -0.1) is 6.58 Å². The van der Waals surface area contributed by atoms with Gasteiger partial charge in [-0.1, -0.05) is 19.1 Å². The van der Waals surface area contributed by atoms with Gasteiger partial charge < -0.3 is 4.74 Å². The molecule has 24 heavy (non-hydrogen) atoms. The van der Waals surface area contributed by atoms with Crippen LogP contribution in [-0.4, -0.2) is 19.1 Å². The molecule has 0 N–H and O–H groups in total. The number of benzene rings is 1. The lowest BCUT2D eigenvalue weighted by atomic mass is 9.47. The van der Waals surface area contributed by atoms with Crippen molar-refractivity contribution < 1.29 is 13.9 Å². The molecule has 2 fully saturated rings. The van der Waals surface area contributed by atoms with Crippen LogP contribution in [0.1, 0.15) is 49.7 Å². The molecule has 0 spiro atoms. The van der Waals surface area contributed by atoms with Crippen molar-refractivity contribution in [3.05, 3.63) is 42.0 Å². The number of hydrogen-bond donors (Lipinski definition) is 0. The van der Waals surface area contributed by atoms with Crippen LogP contribution in [0.5, 0.6) is 5.75 Å². The van der Waals surface area contributed by atoms with Crippen LogP contribution in [0.2, 0.25) is 0 Å². The van der Waals surface area contributed by atoms with Crippen molar-refractivity contribution in [2.45, 2.75) is 51.1 Å². The quantitative estimate of drug-likeness (QED) is 0.740. The maximum atomic E-state index is 14.3. The molecule has 0 amide bonds. The van der Waals surface area contributed by atoms with E-state index in [9.17, 15) is 9.18 Å². The molecule has 2 nitrogen and oxygen atoms in total. The number of ketones is 1. The Kier molecular flexibility index (Phi) is 3.42. The average molecular weight is 328 g/mol. The van der Waals surface area contributed by atoms with E-state index in [0.29, 0.717) is 12.3 Å². The number of hydrogen-bond acceptors (Lipinski definition) is 2. The third kappa shape index (κ3) is 1.84. The average Bonchev–Trinajstić information content (AvgIpc) is 2.85. The minimum atomic E-state index is -1.30. The number of halogens is 1. The van der Waals surface area contributed by atoms with E-state index in [-0.39, 0.29) is 17.1 Å². The Hall–Kier alpha value is -1.64. The molecule has 0 aromatic heterocycles. The smallest absolute Gasteiger partial charge is 0.173 e. The number of ether oxygens (including phenoxy) is 1. The van der Waals surface area contributed by atoms with Gasteiger partial charge in [-0.25, -0.2) is 4.39 Å². The van der Waals surface area contributed by atoms with Crippen LogP contribution in [0.25, 0.3) is 0 Å². The van der Waals surface area contributed by atoms with Crippen LogP contribution in [0.4, 0.5) is 4.39 Å². The summed E-state index contributed by atoms with van der Waals surface area (Å²) in [5.74, 6) is 1.12. The van der Waals surface area contributed by atoms with Gasteiger partial charge in [0.25, 0.3) is 0 Å². The van der Waals surface area contributed by atoms with E-state index in [2.05, 4.69) is 24.8 Å². The molecule has 2 saturated carbocycles. The van der Waals surface area contributed by atoms with Crippen molar-refractivity contribution in [3.63, 3.8) is 0 Å². The fourth-order valence-corrected chi connectivity index (χ4v) is 5.97. The normalized spacial score (nSPS) is 40.5. The van der Waals surface area contributed by atoms with Gasteiger partial charge in [0.1, 0.15) is 5.75 Å². The highest BCUT2D eigenvalue weighted by atomic mass is 19.1. The van der Waals surface area contributed by atoms with Crippen molar-refractivity contribution in [2.75, 3.05) is 7.11 Å². The number of alkyl halides is 1. The zero-order valence-electron chi connectivity index (χ0n) is 14.5. The van der Waals surface area contributed by atoms with E-state index < -0.39 is 11.6 Å². The maximum absolute atomic E-state index is 14.3. The van der Waals surface area contributed by atoms with E-state index in [1.807, 2.05) is 13.0 Å². The Morgan fingerprint density at radius 2 is 2.17 bits per heavy atom. The Bertz CT molecular complexity index is 712. The van der Waals surface area contributed by atoms with Crippen molar-refractivity contribution in [1.29, 1.82) is 0 Å². The monoisotopic (exact) mass is 328 g/mol. The third-order valence-electron chi connectivity index (χ3n) is 7.24. The summed E-state index contributed by atoms with van der Waals surface area (Å²) in [5.41, 5.74) is 2.00. The van der Waals surface area contributed by atoms with Gasteiger partial charge in [0, 0.05) is 5.41 Å². The summed E-state index contributed by atoms with van der Waals surface area (Å²) < 4.78 is 19.7. The summed E-state index contributed by atoms with van der Waals surface area (Å²) in [4.78, 5) is 12.5. The highest BCUT2D eigenvalue weighted by molar-refractivity contribution is 5.91. The van der Waals surface area contributed by atoms with Crippen molar-refractivity contribution in [2.24, 2.45) is 16.7 Å². The second kappa shape index (κ2) is 5.18. The SMILES string of the molecule is C=CC12CCc3cc(OC)ccc3[C@H]1CC[C@]1(C)C(=O)[C@H](F)C[C@@H]21. The van der Waals surface area contributed by atoms with Gasteiger partial charge in [0.15, 0.2) is 12.0 Å². The highest BCUT2D eigenvalue weighted by Crippen LogP contribution is 2.66. The van der Waals surface area contributed by atoms with Gasteiger partial charge in [-0.2, -0.15) is 0 Å². The molecule has 0 saturated heterocycles. The lowest BCUT2D eigenvalue weighted by molar-refractivity contribution is -0.134. The van der Waals surface area contributed by atoms with Gasteiger partial charge in [0.05, 0.1) is 7.11 Å². The maximum Gasteiger partial charge on any atom is 0.173 e. The van der Waals surface area contributed by atoms with Gasteiger partial charge in [-0.05, 0) is 72.6 Å². The lowest BCUT2D eigenvalue weighted by Gasteiger charge is -2.55. The first-order valence-corrected chi connectivity index (χ1v) is 8.95. The lowest BCUT2D eigenvalue weighted by Crippen LogP contribution is -2.49. The van der Waals surface area contributed by atoms with E-state index in [1.54, 1.807) is 7.11 Å². The number of Topliss-reactive ketones (excluding diaryl/α,β-unsaturated/α-hetero) is 1. The Morgan fingerprint density at radius 1 is 1.38 bits per heavy atom. The Morgan fingerprint density at radius 3 is 2.88 bits per heavy atom. The molecule has 0 heterocycles. The highest BCUT2D eigenvalue weighted by Gasteiger charge is 2.63. The standard InChI is InChI=1S/C21H25FO2/c1-4-21-10-7-13-11-14(24-3)5-6-15(13)16(21)8-9-20(2)18(21)12-17(22)19(20)23/h4-6,11,16-18H,1,7-10,12H2,2-3H3/t16-,17-,18-,20+,21?/m1/s1. The minimum Gasteiger partial charge on any atom is -0.497 e. The fraction of sp³-hybridized carbons (Fsp3) is 0.571. The van der Waals surface area contributed by atoms with E-state index in [0.717, 1.165) is 31.4 Å². The molecular formula is C21H25FO2. The number of methoxy groups -OCH3 is 1. The molecular weight excluding hydrogens is 303 g/mol. The number of aryl methyl sites for hydroxylation is 1. The zero-order chi connectivity index (χ0) is 17.1. The first kappa shape index (κ1) is 15.9. The predicted octanol–water partition coefficient (Wildman–Crippen LogP) is 4.62. The molecule has 128 valence electrons. The number of allylic oxidation sites excluding steroid dienone is 1. The largest absolute Gasteiger partial charge is 0.497 e. The second-order valence-corrected chi connectivity index (χ2v) is 8.01. The predicted molar refractivity (Wildman–Crippen MR) is 92.0 cm³/mol. The second-order valence-electron chi connectivity index (χ2n) is 8.01. The Balaban J connectivity index is 1.82. The topological polar surface area (TPSA) is 26.3 Å². The molecule has 3 aliphatic carbocycles. The molecule has 1 aromatic rings. The minimum absolute atomic E-state index is 0.0685. The summed E-state index contributed by atoms with van der Waals surface area (Å²) >= 11 is 0. The zero-order valence-corrected chi connectivity index (χ0v) is 14.5. The number of carbonyl (C=O) groups excluding carboxylic acids is 1. The summed E-state index contributed by atoms with van der Waals surface area (Å²) in [6.45, 7) is 6.14. The molecule has 0 aliphatic heterocycles. The Labute approximate surface area is 143 Å². The van der Waals surface area contributed by atoms with E-state index in [4.69, 9.17) is 4.74 Å². The molecule has 0 bridgehead atoms. The molecule has 1 unspecified atom stereocenters. The van der Waals surface area contributed by atoms with E-state index in [1.165, 1.54) is 11.1 Å². The third-order valence-corrected chi connectivity index (χ3v) is 7.24. The van der Waals surface area contributed by atoms with Crippen LogP contribution in [0.15, 0.2) is 30.9 Å². The fourth-order valence-electron chi connectivity index (χ4n) is 5.97. The number of fused-ring (bicyclic) bond motifs is 5. The summed E-state index contributed by atoms with van der Waals surface area (Å²) in [5, 5.41) is 0. The molecule has 3 aliphatic rings. The molecule has 5 atom stereocenters. The van der Waals surface area contributed by atoms with Crippen molar-refractivity contribution in [3.8, 4) is 5.75 Å². The first-order chi connectivity index (χ1) is 11.5. The van der Waals surface area contributed by atoms with Crippen LogP contribution >= 0.6 is 0 Å². The summed E-state index contributed by atoms with van der Waals surface area (Å²) in [6, 6.07) is 6.32. The first-order valence-electron chi connectivity index (χ1n) is 8.95. The van der Waals surface area contributed by atoms with Gasteiger partial charge in [-0.3, -0.25) is 4.79 Å². The van der Waals surface area contributed by atoms with Gasteiger partial charge in [0.2, 0.25) is 0 Å². The number of carbonyl (C=O) groups is 1. The van der Waals surface area contributed by atoms with Crippen LogP contribution in [0, 0.1) is 16.7 Å². The van der Waals surface area contributed by atoms with Crippen LogP contribution in [-0.2, 0) is 11.2 Å². The molecule has 0 radical (unpaired) electrons. The van der Waals surface area contributed by atoms with Crippen LogP contribution < -0.4 is 4.74 Å². The van der Waals surface area contributed by atoms with Crippen molar-refractivity contribution in [1.82, 2.24) is 0 Å². The summed E-state index contributed by atoms with van der Waals surface area (Å²) in [6.07, 6.45) is 4.71. The number of rotatable bonds is 2. The molecule has 3 heteroatoms. The van der Waals surface area contributed by atoms with Crippen LogP contribution in [0.3, 0.4) is 0 Å². The summed E-state index contributed by atoms with van der Waals surface area (Å²) in [7, 11) is 1.69.